The van der Waals surface area contributed by atoms with Gasteiger partial charge in [0.25, 0.3) is 0 Å². The van der Waals surface area contributed by atoms with Gasteiger partial charge in [-0.05, 0) is 67.4 Å². The lowest BCUT2D eigenvalue weighted by atomic mass is 10.1. The third kappa shape index (κ3) is 12.6. The van der Waals surface area contributed by atoms with Crippen molar-refractivity contribution in [3.63, 3.8) is 0 Å². The highest BCUT2D eigenvalue weighted by Gasteiger charge is 2.12. The van der Waals surface area contributed by atoms with E-state index in [4.69, 9.17) is 26.8 Å². The summed E-state index contributed by atoms with van der Waals surface area (Å²) < 4.78 is 15.1. The topological polar surface area (TPSA) is 134 Å². The van der Waals surface area contributed by atoms with Crippen molar-refractivity contribution in [3.8, 4) is 34.0 Å². The molecule has 0 unspecified atom stereocenters. The molecule has 0 spiro atoms. The summed E-state index contributed by atoms with van der Waals surface area (Å²) >= 11 is 6.33. The minimum atomic E-state index is -0.471. The van der Waals surface area contributed by atoms with Crippen LogP contribution in [0.15, 0.2) is 169 Å². The van der Waals surface area contributed by atoms with Gasteiger partial charge < -0.3 is 24.9 Å². The van der Waals surface area contributed by atoms with Gasteiger partial charge in [0.05, 0.1) is 42.6 Å². The Morgan fingerprint density at radius 1 is 0.683 bits per heavy atom. The molecular weight excluding hydrogens is 774 g/mol. The molecule has 0 radical (unpaired) electrons. The number of methoxy groups -OCH3 is 2. The average molecular weight is 820 g/mol. The lowest BCUT2D eigenvalue weighted by molar-refractivity contribution is -0.141. The van der Waals surface area contributed by atoms with Gasteiger partial charge in [0.1, 0.15) is 17.9 Å². The smallest absolute Gasteiger partial charge is 0.313 e. The predicted octanol–water partition coefficient (Wildman–Crippen LogP) is 11.2. The number of esters is 1. The van der Waals surface area contributed by atoms with Gasteiger partial charge in [-0.3, -0.25) is 14.4 Å². The van der Waals surface area contributed by atoms with Crippen LogP contribution in [0, 0.1) is 6.92 Å². The Kier molecular flexibility index (Phi) is 16.1. The molecule has 3 N–H and O–H groups in total. The van der Waals surface area contributed by atoms with Crippen molar-refractivity contribution < 1.29 is 23.8 Å². The van der Waals surface area contributed by atoms with E-state index in [2.05, 4.69) is 14.7 Å². The van der Waals surface area contributed by atoms with Gasteiger partial charge in [0.15, 0.2) is 11.2 Å². The Bertz CT molecular complexity index is 2690. The van der Waals surface area contributed by atoms with Gasteiger partial charge in [-0.15, -0.1) is 0 Å². The van der Waals surface area contributed by atoms with Gasteiger partial charge in [-0.2, -0.15) is 0 Å². The highest BCUT2D eigenvalue weighted by atomic mass is 35.5. The van der Waals surface area contributed by atoms with E-state index in [0.29, 0.717) is 22.6 Å². The Hall–Kier alpha value is -7.23. The first-order valence-electron chi connectivity index (χ1n) is 19.1. The molecule has 60 heavy (non-hydrogen) atoms. The molecule has 0 aliphatic carbocycles. The summed E-state index contributed by atoms with van der Waals surface area (Å²) in [5.74, 6) is 0.833. The number of halogens is 1. The van der Waals surface area contributed by atoms with Crippen LogP contribution in [-0.2, 0) is 9.53 Å². The Balaban J connectivity index is 0.000000158. The van der Waals surface area contributed by atoms with Crippen LogP contribution in [0.5, 0.6) is 11.5 Å². The third-order valence-corrected chi connectivity index (χ3v) is 9.22. The molecule has 0 bridgehead atoms. The maximum Gasteiger partial charge on any atom is 0.313 e. The van der Waals surface area contributed by atoms with Crippen molar-refractivity contribution in [2.75, 3.05) is 26.6 Å². The van der Waals surface area contributed by atoms with Gasteiger partial charge in [-0.1, -0.05) is 115 Å². The number of nitrogens with two attached hydrogens (primary N) is 1. The molecule has 9 nitrogen and oxygen atoms in total. The molecule has 0 fully saturated rings. The molecule has 6 aromatic carbocycles. The summed E-state index contributed by atoms with van der Waals surface area (Å²) in [5, 5.41) is 2.30. The Morgan fingerprint density at radius 3 is 1.87 bits per heavy atom. The number of hydrogen-bond acceptors (Lipinski definition) is 8. The number of aromatic nitrogens is 2. The van der Waals surface area contributed by atoms with Crippen LogP contribution in [0.1, 0.15) is 29.3 Å². The zero-order valence-corrected chi connectivity index (χ0v) is 34.6. The maximum atomic E-state index is 12.1. The lowest BCUT2D eigenvalue weighted by Gasteiger charge is -2.07. The molecule has 2 heterocycles. The molecule has 304 valence electrons. The normalized spacial score (nSPS) is 10.2. The fourth-order valence-corrected chi connectivity index (χ4v) is 6.18. The van der Waals surface area contributed by atoms with E-state index in [-0.39, 0.29) is 17.6 Å². The molecule has 0 aliphatic rings. The summed E-state index contributed by atoms with van der Waals surface area (Å²) in [4.78, 5) is 42.5. The number of rotatable bonds is 8. The number of aryl methyl sites for hydroxylation is 1. The van der Waals surface area contributed by atoms with E-state index in [1.807, 2.05) is 128 Å². The molecule has 10 heteroatoms. The van der Waals surface area contributed by atoms with Crippen molar-refractivity contribution in [2.45, 2.75) is 20.3 Å². The SMILES string of the molecule is CCOC(=O)CC(=O)c1ccccc1.COc1ccc2c(=O)cc(-c3ccccc3)[nH]c2c1.COc1ccc2c(Cl)cc(-c3ccccc3)nc2c1.Cc1cccc(N)c1. The number of ether oxygens (including phenoxy) is 3. The number of H-pyrrole nitrogens is 1. The predicted molar refractivity (Wildman–Crippen MR) is 243 cm³/mol. The number of nitrogens with zero attached hydrogens (tertiary/aromatic N) is 1. The zero-order valence-electron chi connectivity index (χ0n) is 33.9. The zero-order chi connectivity index (χ0) is 42.9. The van der Waals surface area contributed by atoms with Crippen LogP contribution in [-0.4, -0.2) is 42.5 Å². The second-order valence-corrected chi connectivity index (χ2v) is 13.7. The standard InChI is InChI=1S/C16H12ClNO.C16H13NO2.C11H12O3.C7H9N/c1-19-12-7-8-13-14(17)10-15(18-16(13)9-12)11-5-3-2-4-6-11;1-19-12-7-8-13-15(9-12)17-14(10-16(13)18)11-5-3-2-4-6-11;1-2-14-11(13)8-10(12)9-6-4-3-5-7-9;1-6-3-2-4-7(8)5-6/h2-10H,1H3;2-10H,1H3,(H,17,18);3-7H,2,8H2,1H3;2-5H,8H2,1H3. The van der Waals surface area contributed by atoms with E-state index in [9.17, 15) is 14.4 Å². The monoisotopic (exact) mass is 819 g/mol. The van der Waals surface area contributed by atoms with Crippen LogP contribution in [0.4, 0.5) is 5.69 Å². The first-order chi connectivity index (χ1) is 29.1. The van der Waals surface area contributed by atoms with Crippen LogP contribution in [0.3, 0.4) is 0 Å². The summed E-state index contributed by atoms with van der Waals surface area (Å²) in [7, 11) is 3.25. The van der Waals surface area contributed by atoms with Crippen LogP contribution >= 0.6 is 11.6 Å². The minimum Gasteiger partial charge on any atom is -0.497 e. The van der Waals surface area contributed by atoms with Gasteiger partial charge in [0.2, 0.25) is 0 Å². The van der Waals surface area contributed by atoms with Crippen molar-refractivity contribution in [2.24, 2.45) is 0 Å². The summed E-state index contributed by atoms with van der Waals surface area (Å²) in [6, 6.07) is 50.9. The number of fused-ring (bicyclic) bond motifs is 2. The quantitative estimate of drug-likeness (QED) is 0.0670. The highest BCUT2D eigenvalue weighted by molar-refractivity contribution is 6.35. The number of anilines is 1. The summed E-state index contributed by atoms with van der Waals surface area (Å²) in [6.07, 6.45) is -0.183. The Morgan fingerprint density at radius 2 is 1.28 bits per heavy atom. The molecule has 8 rings (SSSR count). The third-order valence-electron chi connectivity index (χ3n) is 8.91. The van der Waals surface area contributed by atoms with E-state index in [0.717, 1.165) is 56.1 Å². The number of pyridine rings is 2. The maximum absolute atomic E-state index is 12.1. The number of nitrogens with one attached hydrogen (secondary N) is 1. The first-order valence-corrected chi connectivity index (χ1v) is 19.5. The van der Waals surface area contributed by atoms with E-state index in [1.54, 1.807) is 63.6 Å². The summed E-state index contributed by atoms with van der Waals surface area (Å²) in [5.41, 5.74) is 13.4. The number of benzene rings is 6. The number of aromatic amines is 1. The largest absolute Gasteiger partial charge is 0.497 e. The van der Waals surface area contributed by atoms with E-state index >= 15 is 0 Å². The molecule has 0 saturated carbocycles. The molecule has 0 amide bonds. The second-order valence-electron chi connectivity index (χ2n) is 13.2. The first kappa shape index (κ1) is 43.9. The number of hydrogen-bond donors (Lipinski definition) is 2. The highest BCUT2D eigenvalue weighted by Crippen LogP contribution is 2.30. The molecule has 0 atom stereocenters. The van der Waals surface area contributed by atoms with E-state index < -0.39 is 5.97 Å². The number of carbonyl (C=O) groups is 2. The van der Waals surface area contributed by atoms with Gasteiger partial charge in [-0.25, -0.2) is 4.98 Å². The molecule has 0 saturated heterocycles. The van der Waals surface area contributed by atoms with E-state index in [1.165, 1.54) is 5.56 Å². The van der Waals surface area contributed by atoms with Gasteiger partial charge in [0, 0.05) is 51.5 Å². The summed E-state index contributed by atoms with van der Waals surface area (Å²) in [6.45, 7) is 4.04. The number of carbonyl (C=O) groups excluding carboxylic acids is 2. The lowest BCUT2D eigenvalue weighted by Crippen LogP contribution is -2.11. The molecular formula is C50H46ClN3O6. The number of nitrogen functional groups attached to an aromatic ring is 1. The fraction of sp³-hybridized carbons (Fsp3) is 0.120. The van der Waals surface area contributed by atoms with Crippen LogP contribution in [0.25, 0.3) is 44.3 Å². The minimum absolute atomic E-state index is 0.00950. The molecule has 2 aromatic heterocycles. The van der Waals surface area contributed by atoms with Gasteiger partial charge >= 0.3 is 5.97 Å². The molecule has 8 aromatic rings. The average Bonchev–Trinajstić information content (AvgIpc) is 3.27. The number of Topliss-reactive ketones (excluding diaryl/α,β-unsaturated/α-hetero) is 1. The van der Waals surface area contributed by atoms with Crippen molar-refractivity contribution in [3.05, 3.63) is 190 Å². The van der Waals surface area contributed by atoms with Crippen LogP contribution < -0.4 is 20.6 Å². The Labute approximate surface area is 354 Å². The second kappa shape index (κ2) is 22.1. The van der Waals surface area contributed by atoms with Crippen molar-refractivity contribution >= 4 is 50.8 Å². The van der Waals surface area contributed by atoms with Crippen LogP contribution in [0.2, 0.25) is 5.02 Å². The number of ketones is 1. The van der Waals surface area contributed by atoms with Crippen molar-refractivity contribution in [1.82, 2.24) is 9.97 Å². The fourth-order valence-electron chi connectivity index (χ4n) is 5.92. The van der Waals surface area contributed by atoms with Crippen molar-refractivity contribution in [1.29, 1.82) is 0 Å². The molecule has 0 aliphatic heterocycles.